The second kappa shape index (κ2) is 11.2. The van der Waals surface area contributed by atoms with Gasteiger partial charge in [-0.05, 0) is 66.8 Å². The number of nitrogens with zero attached hydrogens (tertiary/aromatic N) is 3. The van der Waals surface area contributed by atoms with E-state index in [0.717, 1.165) is 39.1 Å². The topological polar surface area (TPSA) is 92.2 Å². The van der Waals surface area contributed by atoms with Gasteiger partial charge in [0.25, 0.3) is 5.91 Å². The van der Waals surface area contributed by atoms with Gasteiger partial charge in [0.2, 0.25) is 0 Å². The Bertz CT molecular complexity index is 1560. The zero-order chi connectivity index (χ0) is 29.5. The molecule has 4 heterocycles. The maximum absolute atomic E-state index is 13.6. The van der Waals surface area contributed by atoms with Gasteiger partial charge in [0, 0.05) is 31.2 Å². The summed E-state index contributed by atoms with van der Waals surface area (Å²) in [5, 5.41) is 13.8. The standard InChI is InChI=1S/C29H31F3N6O3S/c1-33-27(39)18-8-9-24(40-2)22(13-18)34-11-4-5-21-26(42-29(30,31)32)23-6-3-7-25(38(23)36-21)35-28-10-12-37(15-19(28)14-28)20-16-41-17-20/h3,6-9,13,19-20,34-35H,10-12,14-17H2,1-2H3,(H,33,39). The van der Waals surface area contributed by atoms with E-state index in [1.54, 1.807) is 30.3 Å². The number of methoxy groups -OCH3 is 1. The molecule has 3 aliphatic rings. The molecule has 2 unspecified atom stereocenters. The summed E-state index contributed by atoms with van der Waals surface area (Å²) >= 11 is -0.209. The lowest BCUT2D eigenvalue weighted by Crippen LogP contribution is -2.53. The number of likely N-dealkylation sites (tertiary alicyclic amines) is 1. The maximum atomic E-state index is 13.6. The first kappa shape index (κ1) is 28.5. The number of amides is 1. The Labute approximate surface area is 245 Å². The Morgan fingerprint density at radius 1 is 1.29 bits per heavy atom. The number of rotatable bonds is 8. The van der Waals surface area contributed by atoms with Crippen molar-refractivity contribution in [3.63, 3.8) is 0 Å². The number of alkyl halides is 3. The van der Waals surface area contributed by atoms with Gasteiger partial charge in [-0.2, -0.15) is 18.3 Å². The summed E-state index contributed by atoms with van der Waals surface area (Å²) in [5.41, 5.74) is -3.22. The number of carbonyl (C=O) groups excluding carboxylic acids is 1. The first-order valence-corrected chi connectivity index (χ1v) is 14.5. The zero-order valence-corrected chi connectivity index (χ0v) is 24.0. The summed E-state index contributed by atoms with van der Waals surface area (Å²) in [6.45, 7) is 3.62. The summed E-state index contributed by atoms with van der Waals surface area (Å²) in [4.78, 5) is 14.5. The van der Waals surface area contributed by atoms with Gasteiger partial charge in [0.05, 0.1) is 49.0 Å². The van der Waals surface area contributed by atoms with Crippen molar-refractivity contribution in [1.29, 1.82) is 0 Å². The maximum Gasteiger partial charge on any atom is 0.446 e. The zero-order valence-electron chi connectivity index (χ0n) is 23.2. The number of carbonyl (C=O) groups is 1. The Balaban J connectivity index is 1.23. The molecule has 1 aliphatic carbocycles. The molecule has 2 atom stereocenters. The van der Waals surface area contributed by atoms with E-state index in [2.05, 4.69) is 37.8 Å². The lowest BCUT2D eigenvalue weighted by Gasteiger charge is -2.41. The van der Waals surface area contributed by atoms with Crippen molar-refractivity contribution in [2.75, 3.05) is 57.6 Å². The molecular formula is C29H31F3N6O3S. The SMILES string of the molecule is CNC(=O)c1ccc(OC)c(NCC#Cc2nn3c(NC45CCN(C6COC6)CC4C5)cccc3c2SC(F)(F)F)c1. The van der Waals surface area contributed by atoms with Gasteiger partial charge < -0.3 is 25.4 Å². The van der Waals surface area contributed by atoms with Crippen LogP contribution in [0.1, 0.15) is 28.9 Å². The molecule has 3 aromatic rings. The number of hydrogen-bond donors (Lipinski definition) is 3. The Morgan fingerprint density at radius 3 is 2.81 bits per heavy atom. The fourth-order valence-corrected chi connectivity index (χ4v) is 6.40. The minimum Gasteiger partial charge on any atom is -0.495 e. The first-order valence-electron chi connectivity index (χ1n) is 13.7. The lowest BCUT2D eigenvalue weighted by atomic mass is 10.0. The van der Waals surface area contributed by atoms with Crippen LogP contribution in [0.3, 0.4) is 0 Å². The van der Waals surface area contributed by atoms with Crippen molar-refractivity contribution in [3.05, 3.63) is 47.7 Å². The second-order valence-corrected chi connectivity index (χ2v) is 11.8. The van der Waals surface area contributed by atoms with E-state index in [0.29, 0.717) is 40.3 Å². The van der Waals surface area contributed by atoms with Gasteiger partial charge in [-0.25, -0.2) is 4.52 Å². The number of hydrogen-bond acceptors (Lipinski definition) is 8. The van der Waals surface area contributed by atoms with E-state index in [1.807, 2.05) is 6.07 Å². The number of thioether (sulfide) groups is 1. The van der Waals surface area contributed by atoms with Crippen LogP contribution in [0.4, 0.5) is 24.7 Å². The van der Waals surface area contributed by atoms with Gasteiger partial charge in [0.1, 0.15) is 17.3 Å². The van der Waals surface area contributed by atoms with Gasteiger partial charge in [-0.15, -0.1) is 0 Å². The number of anilines is 2. The van der Waals surface area contributed by atoms with Crippen molar-refractivity contribution < 1.29 is 27.4 Å². The molecule has 6 rings (SSSR count). The molecule has 1 amide bonds. The van der Waals surface area contributed by atoms with Crippen LogP contribution in [0, 0.1) is 17.8 Å². The largest absolute Gasteiger partial charge is 0.495 e. The predicted octanol–water partition coefficient (Wildman–Crippen LogP) is 4.05. The summed E-state index contributed by atoms with van der Waals surface area (Å²) in [7, 11) is 3.04. The molecule has 2 aromatic heterocycles. The molecule has 1 aromatic carbocycles. The molecule has 0 radical (unpaired) electrons. The third kappa shape index (κ3) is 5.71. The molecule has 1 saturated carbocycles. The number of halogens is 3. The highest BCUT2D eigenvalue weighted by molar-refractivity contribution is 8.00. The van der Waals surface area contributed by atoms with Gasteiger partial charge in [0.15, 0.2) is 0 Å². The van der Waals surface area contributed by atoms with Crippen LogP contribution in [-0.4, -0.2) is 84.5 Å². The summed E-state index contributed by atoms with van der Waals surface area (Å²) in [5.74, 6) is 7.09. The smallest absolute Gasteiger partial charge is 0.446 e. The summed E-state index contributed by atoms with van der Waals surface area (Å²) < 4.78 is 53.1. The molecule has 9 nitrogen and oxygen atoms in total. The third-order valence-electron chi connectivity index (χ3n) is 8.14. The predicted molar refractivity (Wildman–Crippen MR) is 154 cm³/mol. The van der Waals surface area contributed by atoms with Gasteiger partial charge >= 0.3 is 5.51 Å². The van der Waals surface area contributed by atoms with Crippen molar-refractivity contribution in [2.45, 2.75) is 34.8 Å². The van der Waals surface area contributed by atoms with Crippen molar-refractivity contribution in [1.82, 2.24) is 19.8 Å². The van der Waals surface area contributed by atoms with Gasteiger partial charge in [-0.3, -0.25) is 9.69 Å². The van der Waals surface area contributed by atoms with Crippen molar-refractivity contribution >= 4 is 34.7 Å². The third-order valence-corrected chi connectivity index (χ3v) is 8.98. The quantitative estimate of drug-likeness (QED) is 0.264. The first-order chi connectivity index (χ1) is 20.2. The van der Waals surface area contributed by atoms with Crippen LogP contribution in [0.5, 0.6) is 5.75 Å². The average molecular weight is 601 g/mol. The number of nitrogens with one attached hydrogen (secondary N) is 3. The summed E-state index contributed by atoms with van der Waals surface area (Å²) in [6, 6.07) is 10.6. The lowest BCUT2D eigenvalue weighted by molar-refractivity contribution is -0.0714. The van der Waals surface area contributed by atoms with Crippen LogP contribution in [0.25, 0.3) is 5.52 Å². The number of aromatic nitrogens is 2. The van der Waals surface area contributed by atoms with E-state index >= 15 is 0 Å². The fraction of sp³-hybridized carbons (Fsp3) is 0.448. The molecule has 3 N–H and O–H groups in total. The number of benzene rings is 1. The Morgan fingerprint density at radius 2 is 2.12 bits per heavy atom. The molecule has 0 spiro atoms. The fourth-order valence-electron chi connectivity index (χ4n) is 5.72. The van der Waals surface area contributed by atoms with E-state index in [4.69, 9.17) is 9.47 Å². The molecular weight excluding hydrogens is 569 g/mol. The second-order valence-electron chi connectivity index (χ2n) is 10.7. The minimum absolute atomic E-state index is 0.0394. The minimum atomic E-state index is -4.51. The highest BCUT2D eigenvalue weighted by Crippen LogP contribution is 2.52. The molecule has 2 saturated heterocycles. The van der Waals surface area contributed by atoms with E-state index in [-0.39, 0.29) is 40.3 Å². The van der Waals surface area contributed by atoms with E-state index < -0.39 is 5.51 Å². The summed E-state index contributed by atoms with van der Waals surface area (Å²) in [6.07, 6.45) is 1.97. The number of pyridine rings is 1. The van der Waals surface area contributed by atoms with Crippen LogP contribution < -0.4 is 20.7 Å². The van der Waals surface area contributed by atoms with E-state index in [1.165, 1.54) is 18.7 Å². The average Bonchev–Trinajstić information content (AvgIpc) is 3.54. The van der Waals surface area contributed by atoms with Crippen molar-refractivity contribution in [2.24, 2.45) is 5.92 Å². The number of ether oxygens (including phenoxy) is 2. The van der Waals surface area contributed by atoms with Crippen LogP contribution in [0.2, 0.25) is 0 Å². The molecule has 222 valence electrons. The molecule has 3 fully saturated rings. The molecule has 2 aliphatic heterocycles. The molecule has 42 heavy (non-hydrogen) atoms. The van der Waals surface area contributed by atoms with Crippen LogP contribution in [0.15, 0.2) is 41.3 Å². The highest BCUT2D eigenvalue weighted by Gasteiger charge is 2.57. The van der Waals surface area contributed by atoms with Crippen molar-refractivity contribution in [3.8, 4) is 17.6 Å². The van der Waals surface area contributed by atoms with E-state index in [9.17, 15) is 18.0 Å². The van der Waals surface area contributed by atoms with Crippen LogP contribution >= 0.6 is 11.8 Å². The monoisotopic (exact) mass is 600 g/mol. The Kier molecular flexibility index (Phi) is 7.63. The normalized spacial score (nSPS) is 22.0. The molecule has 13 heteroatoms. The molecule has 0 bridgehead atoms. The highest BCUT2D eigenvalue weighted by atomic mass is 32.2. The number of fused-ring (bicyclic) bond motifs is 2. The van der Waals surface area contributed by atoms with Crippen LogP contribution in [-0.2, 0) is 4.74 Å². The van der Waals surface area contributed by atoms with Gasteiger partial charge in [-0.1, -0.05) is 12.0 Å². The Hall–Kier alpha value is -3.60. The number of piperidine rings is 1.